The SMILES string of the molecule is COC(=O)[C@@H](CO)NC(=O)CSc1cc(F)ccc1F. The van der Waals surface area contributed by atoms with Crippen LogP contribution in [-0.2, 0) is 14.3 Å². The van der Waals surface area contributed by atoms with Crippen molar-refractivity contribution >= 4 is 23.6 Å². The number of esters is 1. The number of ether oxygens (including phenoxy) is 1. The standard InChI is InChI=1S/C12H13F2NO4S/c1-19-12(18)9(5-16)15-11(17)6-20-10-4-7(13)2-3-8(10)14/h2-4,9,16H,5-6H2,1H3,(H,15,17)/t9-/m1/s1. The summed E-state index contributed by atoms with van der Waals surface area (Å²) in [6, 6.07) is 1.72. The molecule has 1 amide bonds. The van der Waals surface area contributed by atoms with E-state index in [1.807, 2.05) is 0 Å². The van der Waals surface area contributed by atoms with E-state index < -0.39 is 36.2 Å². The molecule has 20 heavy (non-hydrogen) atoms. The first kappa shape index (κ1) is 16.4. The number of halogens is 2. The van der Waals surface area contributed by atoms with Gasteiger partial charge in [0.1, 0.15) is 11.6 Å². The molecule has 8 heteroatoms. The molecule has 0 saturated heterocycles. The number of aliphatic hydroxyl groups excluding tert-OH is 1. The monoisotopic (exact) mass is 305 g/mol. The fraction of sp³-hybridized carbons (Fsp3) is 0.333. The van der Waals surface area contributed by atoms with Crippen molar-refractivity contribution in [2.75, 3.05) is 19.5 Å². The number of hydrogen-bond acceptors (Lipinski definition) is 5. The summed E-state index contributed by atoms with van der Waals surface area (Å²) in [6.45, 7) is -0.614. The Bertz CT molecular complexity index is 498. The van der Waals surface area contributed by atoms with Gasteiger partial charge in [0.05, 0.1) is 19.5 Å². The van der Waals surface area contributed by atoms with E-state index in [0.717, 1.165) is 37.1 Å². The molecular formula is C12H13F2NO4S. The largest absolute Gasteiger partial charge is 0.467 e. The molecule has 0 aromatic heterocycles. The number of nitrogens with one attached hydrogen (secondary N) is 1. The van der Waals surface area contributed by atoms with Crippen LogP contribution in [0.15, 0.2) is 23.1 Å². The molecule has 0 unspecified atom stereocenters. The predicted molar refractivity (Wildman–Crippen MR) is 68.1 cm³/mol. The fourth-order valence-electron chi connectivity index (χ4n) is 1.29. The van der Waals surface area contributed by atoms with Crippen molar-refractivity contribution in [3.05, 3.63) is 29.8 Å². The number of aliphatic hydroxyl groups is 1. The van der Waals surface area contributed by atoms with Crippen LogP contribution < -0.4 is 5.32 Å². The third-order valence-electron chi connectivity index (χ3n) is 2.26. The summed E-state index contributed by atoms with van der Waals surface area (Å²) in [6.07, 6.45) is 0. The smallest absolute Gasteiger partial charge is 0.330 e. The molecule has 0 spiro atoms. The quantitative estimate of drug-likeness (QED) is 0.598. The Kier molecular flexibility index (Phi) is 6.40. The van der Waals surface area contributed by atoms with Gasteiger partial charge in [0.2, 0.25) is 5.91 Å². The van der Waals surface area contributed by atoms with Crippen molar-refractivity contribution in [1.82, 2.24) is 5.32 Å². The zero-order valence-corrected chi connectivity index (χ0v) is 11.4. The molecule has 0 aliphatic rings. The summed E-state index contributed by atoms with van der Waals surface area (Å²) in [4.78, 5) is 22.7. The first-order valence-corrected chi connectivity index (χ1v) is 6.52. The topological polar surface area (TPSA) is 75.6 Å². The van der Waals surface area contributed by atoms with E-state index in [1.54, 1.807) is 0 Å². The number of amides is 1. The molecule has 0 bridgehead atoms. The van der Waals surface area contributed by atoms with Crippen molar-refractivity contribution in [2.24, 2.45) is 0 Å². The number of thioether (sulfide) groups is 1. The lowest BCUT2D eigenvalue weighted by molar-refractivity contribution is -0.145. The van der Waals surface area contributed by atoms with Gasteiger partial charge in [-0.3, -0.25) is 4.79 Å². The maximum absolute atomic E-state index is 13.3. The van der Waals surface area contributed by atoms with Crippen molar-refractivity contribution in [3.63, 3.8) is 0 Å². The lowest BCUT2D eigenvalue weighted by Gasteiger charge is -2.13. The molecule has 0 saturated carbocycles. The molecule has 0 aliphatic heterocycles. The van der Waals surface area contributed by atoms with Crippen molar-refractivity contribution < 1.29 is 28.2 Å². The van der Waals surface area contributed by atoms with Gasteiger partial charge < -0.3 is 15.2 Å². The number of benzene rings is 1. The van der Waals surface area contributed by atoms with E-state index in [4.69, 9.17) is 5.11 Å². The van der Waals surface area contributed by atoms with E-state index in [-0.39, 0.29) is 10.6 Å². The lowest BCUT2D eigenvalue weighted by Crippen LogP contribution is -2.44. The molecular weight excluding hydrogens is 292 g/mol. The van der Waals surface area contributed by atoms with Crippen LogP contribution in [-0.4, -0.2) is 42.5 Å². The average molecular weight is 305 g/mol. The lowest BCUT2D eigenvalue weighted by atomic mass is 10.3. The highest BCUT2D eigenvalue weighted by molar-refractivity contribution is 8.00. The Balaban J connectivity index is 2.54. The van der Waals surface area contributed by atoms with E-state index in [9.17, 15) is 18.4 Å². The summed E-state index contributed by atoms with van der Waals surface area (Å²) in [5.74, 6) is -2.88. The highest BCUT2D eigenvalue weighted by atomic mass is 32.2. The highest BCUT2D eigenvalue weighted by Gasteiger charge is 2.20. The minimum atomic E-state index is -1.18. The van der Waals surface area contributed by atoms with Crippen LogP contribution in [0.2, 0.25) is 0 Å². The predicted octanol–water partition coefficient (Wildman–Crippen LogP) is 0.707. The maximum Gasteiger partial charge on any atom is 0.330 e. The van der Waals surface area contributed by atoms with Crippen molar-refractivity contribution in [3.8, 4) is 0 Å². The van der Waals surface area contributed by atoms with E-state index in [0.29, 0.717) is 0 Å². The Morgan fingerprint density at radius 3 is 2.75 bits per heavy atom. The van der Waals surface area contributed by atoms with Crippen LogP contribution >= 0.6 is 11.8 Å². The molecule has 0 radical (unpaired) electrons. The number of carbonyl (C=O) groups excluding carboxylic acids is 2. The van der Waals surface area contributed by atoms with Gasteiger partial charge in [-0.05, 0) is 18.2 Å². The highest BCUT2D eigenvalue weighted by Crippen LogP contribution is 2.22. The summed E-state index contributed by atoms with van der Waals surface area (Å²) < 4.78 is 30.6. The number of carbonyl (C=O) groups is 2. The Morgan fingerprint density at radius 1 is 1.45 bits per heavy atom. The molecule has 0 fully saturated rings. The molecule has 5 nitrogen and oxygen atoms in total. The minimum absolute atomic E-state index is 0.0150. The van der Waals surface area contributed by atoms with Crippen LogP contribution in [0.3, 0.4) is 0 Å². The first-order chi connectivity index (χ1) is 9.47. The Morgan fingerprint density at radius 2 is 2.15 bits per heavy atom. The molecule has 1 aromatic rings. The molecule has 1 aromatic carbocycles. The Labute approximate surface area is 118 Å². The van der Waals surface area contributed by atoms with Gasteiger partial charge in [-0.2, -0.15) is 0 Å². The second-order valence-corrected chi connectivity index (χ2v) is 4.71. The van der Waals surface area contributed by atoms with Gasteiger partial charge in [0.25, 0.3) is 0 Å². The van der Waals surface area contributed by atoms with Gasteiger partial charge in [-0.25, -0.2) is 13.6 Å². The summed E-state index contributed by atoms with van der Waals surface area (Å²) in [5, 5.41) is 11.1. The molecule has 110 valence electrons. The van der Waals surface area contributed by atoms with Gasteiger partial charge in [-0.1, -0.05) is 0 Å². The van der Waals surface area contributed by atoms with E-state index in [2.05, 4.69) is 10.1 Å². The van der Waals surface area contributed by atoms with Crippen LogP contribution in [0, 0.1) is 11.6 Å². The van der Waals surface area contributed by atoms with Crippen LogP contribution in [0.25, 0.3) is 0 Å². The zero-order chi connectivity index (χ0) is 15.1. The van der Waals surface area contributed by atoms with Crippen molar-refractivity contribution in [2.45, 2.75) is 10.9 Å². The second-order valence-electron chi connectivity index (χ2n) is 3.69. The van der Waals surface area contributed by atoms with Gasteiger partial charge in [0.15, 0.2) is 6.04 Å². The summed E-state index contributed by atoms with van der Waals surface area (Å²) in [7, 11) is 1.12. The summed E-state index contributed by atoms with van der Waals surface area (Å²) in [5.41, 5.74) is 0. The summed E-state index contributed by atoms with van der Waals surface area (Å²) >= 11 is 0.780. The second kappa shape index (κ2) is 7.81. The number of methoxy groups -OCH3 is 1. The van der Waals surface area contributed by atoms with E-state index in [1.165, 1.54) is 0 Å². The van der Waals surface area contributed by atoms with Crippen LogP contribution in [0.4, 0.5) is 8.78 Å². The molecule has 0 aliphatic carbocycles. The normalized spacial score (nSPS) is 11.8. The van der Waals surface area contributed by atoms with Crippen LogP contribution in [0.1, 0.15) is 0 Å². The maximum atomic E-state index is 13.3. The third-order valence-corrected chi connectivity index (χ3v) is 3.29. The minimum Gasteiger partial charge on any atom is -0.467 e. The Hall–Kier alpha value is -1.67. The number of hydrogen-bond donors (Lipinski definition) is 2. The molecule has 0 heterocycles. The molecule has 1 atom stereocenters. The van der Waals surface area contributed by atoms with Gasteiger partial charge >= 0.3 is 5.97 Å². The average Bonchev–Trinajstić information content (AvgIpc) is 2.44. The fourth-order valence-corrected chi connectivity index (χ4v) is 2.06. The van der Waals surface area contributed by atoms with E-state index >= 15 is 0 Å². The molecule has 1 rings (SSSR count). The zero-order valence-electron chi connectivity index (χ0n) is 10.6. The van der Waals surface area contributed by atoms with Crippen LogP contribution in [0.5, 0.6) is 0 Å². The van der Waals surface area contributed by atoms with Gasteiger partial charge in [-0.15, -0.1) is 11.8 Å². The molecule has 2 N–H and O–H groups in total. The van der Waals surface area contributed by atoms with Crippen molar-refractivity contribution in [1.29, 1.82) is 0 Å². The third kappa shape index (κ3) is 4.78. The first-order valence-electron chi connectivity index (χ1n) is 5.53. The van der Waals surface area contributed by atoms with Gasteiger partial charge in [0, 0.05) is 4.90 Å². The number of rotatable bonds is 6.